The maximum atomic E-state index is 4.09. The van der Waals surface area contributed by atoms with Gasteiger partial charge >= 0.3 is 0 Å². The summed E-state index contributed by atoms with van der Waals surface area (Å²) < 4.78 is 3.76. The third-order valence-corrected chi connectivity index (χ3v) is 5.12. The molecule has 2 aromatic rings. The number of rotatable bonds is 4. The molecule has 0 amide bonds. The zero-order chi connectivity index (χ0) is 14.9. The van der Waals surface area contributed by atoms with E-state index < -0.39 is 0 Å². The van der Waals surface area contributed by atoms with E-state index in [0.717, 1.165) is 16.8 Å². The molecule has 1 heterocycles. The van der Waals surface area contributed by atoms with Crippen molar-refractivity contribution in [1.29, 1.82) is 0 Å². The van der Waals surface area contributed by atoms with Crippen molar-refractivity contribution < 1.29 is 0 Å². The van der Waals surface area contributed by atoms with Gasteiger partial charge in [0, 0.05) is 11.5 Å². The first kappa shape index (κ1) is 15.7. The van der Waals surface area contributed by atoms with E-state index in [1.807, 2.05) is 11.7 Å². The zero-order valence-corrected chi connectivity index (χ0v) is 15.2. The van der Waals surface area contributed by atoms with Crippen molar-refractivity contribution in [2.45, 2.75) is 26.8 Å². The molecule has 0 radical (unpaired) electrons. The molecule has 0 fully saturated rings. The molecule has 0 saturated heterocycles. The number of benzene rings is 1. The summed E-state index contributed by atoms with van der Waals surface area (Å²) in [4.78, 5) is 0. The van der Waals surface area contributed by atoms with Crippen molar-refractivity contribution in [2.24, 2.45) is 7.05 Å². The van der Waals surface area contributed by atoms with Crippen molar-refractivity contribution in [3.05, 3.63) is 43.6 Å². The van der Waals surface area contributed by atoms with Crippen LogP contribution in [0.5, 0.6) is 0 Å². The summed E-state index contributed by atoms with van der Waals surface area (Å²) in [7, 11) is 1.91. The fourth-order valence-electron chi connectivity index (χ4n) is 2.37. The quantitative estimate of drug-likeness (QED) is 0.849. The minimum absolute atomic E-state index is 0.0693. The second-order valence-electron chi connectivity index (χ2n) is 4.85. The monoisotopic (exact) mass is 400 g/mol. The van der Waals surface area contributed by atoms with E-state index in [1.54, 1.807) is 0 Å². The van der Waals surface area contributed by atoms with Crippen molar-refractivity contribution in [3.8, 4) is 0 Å². The van der Waals surface area contributed by atoms with Crippen LogP contribution in [0.3, 0.4) is 0 Å². The lowest BCUT2D eigenvalue weighted by Gasteiger charge is -2.20. The maximum Gasteiger partial charge on any atom is 0.153 e. The number of aryl methyl sites for hydroxylation is 3. The van der Waals surface area contributed by atoms with Crippen molar-refractivity contribution in [1.82, 2.24) is 20.3 Å². The number of halogens is 2. The molecule has 2 rings (SSSR count). The Kier molecular flexibility index (Phi) is 4.99. The van der Waals surface area contributed by atoms with Crippen LogP contribution in [0.2, 0.25) is 0 Å². The lowest BCUT2D eigenvalue weighted by Crippen LogP contribution is -2.25. The summed E-state index contributed by atoms with van der Waals surface area (Å²) in [5.74, 6) is 0. The van der Waals surface area contributed by atoms with Crippen LogP contribution in [0.1, 0.15) is 35.3 Å². The first-order chi connectivity index (χ1) is 9.45. The topological polar surface area (TPSA) is 42.7 Å². The van der Waals surface area contributed by atoms with E-state index in [9.17, 15) is 0 Å². The molecule has 0 aliphatic heterocycles. The molecule has 0 aliphatic rings. The summed E-state index contributed by atoms with van der Waals surface area (Å²) in [6, 6.07) is 4.47. The highest BCUT2D eigenvalue weighted by atomic mass is 79.9. The molecule has 1 aromatic heterocycles. The zero-order valence-electron chi connectivity index (χ0n) is 12.0. The fourth-order valence-corrected chi connectivity index (χ4v) is 3.15. The first-order valence-electron chi connectivity index (χ1n) is 6.50. The highest BCUT2D eigenvalue weighted by Crippen LogP contribution is 2.31. The predicted octanol–water partition coefficient (Wildman–Crippen LogP) is 3.66. The molecule has 20 heavy (non-hydrogen) atoms. The smallest absolute Gasteiger partial charge is 0.153 e. The molecule has 4 nitrogen and oxygen atoms in total. The average molecular weight is 402 g/mol. The molecule has 6 heteroatoms. The third-order valence-electron chi connectivity index (χ3n) is 3.30. The molecule has 0 aliphatic carbocycles. The largest absolute Gasteiger partial charge is 0.305 e. The van der Waals surface area contributed by atoms with Crippen molar-refractivity contribution in [3.63, 3.8) is 0 Å². The Morgan fingerprint density at radius 3 is 2.30 bits per heavy atom. The van der Waals surface area contributed by atoms with Crippen LogP contribution in [0.15, 0.2) is 21.2 Å². The fraction of sp³-hybridized carbons (Fsp3) is 0.429. The highest BCUT2D eigenvalue weighted by molar-refractivity contribution is 9.10. The second kappa shape index (κ2) is 6.37. The van der Waals surface area contributed by atoms with Crippen molar-refractivity contribution >= 4 is 31.9 Å². The van der Waals surface area contributed by atoms with Crippen LogP contribution in [-0.2, 0) is 7.05 Å². The number of aromatic nitrogens is 3. The van der Waals surface area contributed by atoms with Crippen LogP contribution in [0.25, 0.3) is 0 Å². The van der Waals surface area contributed by atoms with E-state index in [2.05, 4.69) is 80.4 Å². The number of hydrogen-bond donors (Lipinski definition) is 1. The van der Waals surface area contributed by atoms with Gasteiger partial charge in [-0.3, -0.25) is 0 Å². The molecule has 0 saturated carbocycles. The van der Waals surface area contributed by atoms with Gasteiger partial charge in [-0.05, 0) is 53.0 Å². The maximum absolute atomic E-state index is 4.09. The van der Waals surface area contributed by atoms with Gasteiger partial charge in [0.15, 0.2) is 4.60 Å². The molecule has 108 valence electrons. The molecule has 1 N–H and O–H groups in total. The lowest BCUT2D eigenvalue weighted by atomic mass is 9.99. The van der Waals surface area contributed by atoms with Crippen LogP contribution in [-0.4, -0.2) is 21.5 Å². The highest BCUT2D eigenvalue weighted by Gasteiger charge is 2.22. The number of nitrogens with one attached hydrogen (secondary N) is 1. The van der Waals surface area contributed by atoms with E-state index in [-0.39, 0.29) is 6.04 Å². The second-order valence-corrected chi connectivity index (χ2v) is 6.39. The van der Waals surface area contributed by atoms with Crippen molar-refractivity contribution in [2.75, 3.05) is 6.54 Å². The number of hydrogen-bond acceptors (Lipinski definition) is 3. The minimum Gasteiger partial charge on any atom is -0.305 e. The number of nitrogens with zero attached hydrogens (tertiary/aromatic N) is 3. The van der Waals surface area contributed by atoms with Gasteiger partial charge in [-0.15, -0.1) is 5.10 Å². The SMILES string of the molecule is CCNC(c1cc(C)c(Br)c(C)c1)c1c(Br)nnn1C. The Morgan fingerprint density at radius 1 is 1.25 bits per heavy atom. The van der Waals surface area contributed by atoms with Gasteiger partial charge < -0.3 is 5.32 Å². The van der Waals surface area contributed by atoms with Crippen LogP contribution < -0.4 is 5.32 Å². The molecule has 1 unspecified atom stereocenters. The summed E-state index contributed by atoms with van der Waals surface area (Å²) in [5.41, 5.74) is 4.72. The molecular formula is C14H18Br2N4. The van der Waals surface area contributed by atoms with E-state index in [0.29, 0.717) is 0 Å². The van der Waals surface area contributed by atoms with Gasteiger partial charge in [0.1, 0.15) is 0 Å². The standard InChI is InChI=1S/C14H18Br2N4/c1-5-17-12(13-14(16)18-19-20(13)4)10-6-8(2)11(15)9(3)7-10/h6-7,12,17H,5H2,1-4H3. The Bertz CT molecular complexity index is 579. The Hall–Kier alpha value is -0.720. The Labute approximate surface area is 136 Å². The molecule has 1 aromatic carbocycles. The first-order valence-corrected chi connectivity index (χ1v) is 8.09. The minimum atomic E-state index is 0.0693. The lowest BCUT2D eigenvalue weighted by molar-refractivity contribution is 0.566. The van der Waals surface area contributed by atoms with E-state index in [4.69, 9.17) is 0 Å². The summed E-state index contributed by atoms with van der Waals surface area (Å²) >= 11 is 7.11. The van der Waals surface area contributed by atoms with E-state index in [1.165, 1.54) is 21.2 Å². The van der Waals surface area contributed by atoms with Crippen LogP contribution in [0.4, 0.5) is 0 Å². The summed E-state index contributed by atoms with van der Waals surface area (Å²) in [6.07, 6.45) is 0. The van der Waals surface area contributed by atoms with Gasteiger partial charge in [0.2, 0.25) is 0 Å². The van der Waals surface area contributed by atoms with Gasteiger partial charge in [-0.1, -0.05) is 40.2 Å². The predicted molar refractivity (Wildman–Crippen MR) is 87.8 cm³/mol. The molecular weight excluding hydrogens is 384 g/mol. The summed E-state index contributed by atoms with van der Waals surface area (Å²) in [5, 5.41) is 11.7. The summed E-state index contributed by atoms with van der Waals surface area (Å²) in [6.45, 7) is 7.19. The van der Waals surface area contributed by atoms with Gasteiger partial charge in [0.05, 0.1) is 11.7 Å². The van der Waals surface area contributed by atoms with Crippen LogP contribution in [0, 0.1) is 13.8 Å². The molecule has 0 spiro atoms. The Morgan fingerprint density at radius 2 is 1.85 bits per heavy atom. The molecule has 1 atom stereocenters. The van der Waals surface area contributed by atoms with Gasteiger partial charge in [-0.25, -0.2) is 4.68 Å². The third kappa shape index (κ3) is 2.97. The van der Waals surface area contributed by atoms with Crippen LogP contribution >= 0.6 is 31.9 Å². The normalized spacial score (nSPS) is 12.7. The molecule has 0 bridgehead atoms. The van der Waals surface area contributed by atoms with Gasteiger partial charge in [0.25, 0.3) is 0 Å². The van der Waals surface area contributed by atoms with Gasteiger partial charge in [-0.2, -0.15) is 0 Å². The Balaban J connectivity index is 2.54. The average Bonchev–Trinajstić information content (AvgIpc) is 2.72. The van der Waals surface area contributed by atoms with E-state index >= 15 is 0 Å².